The number of hydrogen-bond acceptors (Lipinski definition) is 5. The number of carbonyl (C=O) groups excluding carboxylic acids is 2. The lowest BCUT2D eigenvalue weighted by atomic mass is 9.99. The Morgan fingerprint density at radius 2 is 1.84 bits per heavy atom. The van der Waals surface area contributed by atoms with Crippen molar-refractivity contribution in [1.29, 1.82) is 0 Å². The van der Waals surface area contributed by atoms with E-state index in [-0.39, 0.29) is 18.1 Å². The number of nitrogens with one attached hydrogen (secondary N) is 1. The van der Waals surface area contributed by atoms with E-state index in [9.17, 15) is 18.0 Å². The number of sulfonamides is 1. The molecule has 3 aromatic rings. The summed E-state index contributed by atoms with van der Waals surface area (Å²) in [4.78, 5) is 29.7. The lowest BCUT2D eigenvalue weighted by molar-refractivity contribution is -0.151. The Hall–Kier alpha value is -2.97. The van der Waals surface area contributed by atoms with Crippen molar-refractivity contribution in [2.75, 3.05) is 12.3 Å². The number of hydrogen-bond donors (Lipinski definition) is 1. The van der Waals surface area contributed by atoms with Gasteiger partial charge in [0.2, 0.25) is 15.8 Å². The Labute approximate surface area is 187 Å². The quantitative estimate of drug-likeness (QED) is 0.412. The number of carbonyl (C=O) groups is 2. The van der Waals surface area contributed by atoms with Crippen LogP contribution in [0.15, 0.2) is 60.8 Å². The second-order valence-electron chi connectivity index (χ2n) is 7.92. The monoisotopic (exact) mass is 454 g/mol. The number of ether oxygens (including phenoxy) is 1. The molecule has 2 heterocycles. The van der Waals surface area contributed by atoms with Gasteiger partial charge in [0.15, 0.2) is 6.10 Å². The molecule has 1 N–H and O–H groups in total. The van der Waals surface area contributed by atoms with Crippen LogP contribution < -0.4 is 0 Å². The molecule has 1 fully saturated rings. The number of fused-ring (bicyclic) bond motifs is 1. The van der Waals surface area contributed by atoms with Crippen LogP contribution in [0.25, 0.3) is 10.9 Å². The van der Waals surface area contributed by atoms with Crippen LogP contribution in [0.4, 0.5) is 0 Å². The molecule has 1 aromatic heterocycles. The summed E-state index contributed by atoms with van der Waals surface area (Å²) in [6.45, 7) is 2.07. The molecule has 8 heteroatoms. The van der Waals surface area contributed by atoms with E-state index in [2.05, 4.69) is 4.98 Å². The van der Waals surface area contributed by atoms with Gasteiger partial charge in [-0.1, -0.05) is 55.5 Å². The number of aromatic nitrogens is 1. The molecule has 1 aliphatic heterocycles. The molecule has 0 saturated carbocycles. The van der Waals surface area contributed by atoms with Crippen LogP contribution in [0, 0.1) is 0 Å². The minimum Gasteiger partial charge on any atom is -0.448 e. The summed E-state index contributed by atoms with van der Waals surface area (Å²) >= 11 is 0. The zero-order valence-electron chi connectivity index (χ0n) is 17.9. The number of Topliss-reactive ketones (excluding diaryl/α,β-unsaturated/α-hetero) is 1. The molecule has 168 valence electrons. The zero-order valence-corrected chi connectivity index (χ0v) is 18.7. The van der Waals surface area contributed by atoms with Crippen LogP contribution in [0.5, 0.6) is 0 Å². The molecular formula is C24H26N2O5S. The van der Waals surface area contributed by atoms with Crippen molar-refractivity contribution >= 4 is 32.7 Å². The second-order valence-corrected chi connectivity index (χ2v) is 9.97. The van der Waals surface area contributed by atoms with Crippen molar-refractivity contribution < 1.29 is 22.7 Å². The van der Waals surface area contributed by atoms with Gasteiger partial charge >= 0.3 is 5.97 Å². The Morgan fingerprint density at radius 1 is 1.12 bits per heavy atom. The Balaban J connectivity index is 1.65. The minimum atomic E-state index is -3.55. The molecule has 0 aliphatic carbocycles. The van der Waals surface area contributed by atoms with Crippen LogP contribution in [0.1, 0.15) is 48.2 Å². The first kappa shape index (κ1) is 22.2. The minimum absolute atomic E-state index is 0.0207. The Kier molecular flexibility index (Phi) is 6.43. The highest BCUT2D eigenvalue weighted by atomic mass is 32.2. The molecule has 4 rings (SSSR count). The number of rotatable bonds is 8. The molecular weight excluding hydrogens is 428 g/mol. The summed E-state index contributed by atoms with van der Waals surface area (Å²) in [6, 6.07) is 15.3. The maximum atomic E-state index is 13.5. The highest BCUT2D eigenvalue weighted by molar-refractivity contribution is 7.89. The lowest BCUT2D eigenvalue weighted by Gasteiger charge is -2.25. The molecule has 0 radical (unpaired) electrons. The van der Waals surface area contributed by atoms with E-state index in [1.54, 1.807) is 37.4 Å². The van der Waals surface area contributed by atoms with Gasteiger partial charge in [-0.25, -0.2) is 8.42 Å². The standard InChI is InChI=1S/C24H26N2O5S/c1-2-15-32(29,30)26-14-8-13-21(26)24(28)31-23(17-9-4-3-5-10-17)22(27)19-16-25-20-12-7-6-11-18(19)20/h3-7,9-12,16,21,23,25H,2,8,13-15H2,1H3/t21-,23-/m0/s1. The molecule has 0 unspecified atom stereocenters. The van der Waals surface area contributed by atoms with Gasteiger partial charge in [-0.3, -0.25) is 9.59 Å². The van der Waals surface area contributed by atoms with Gasteiger partial charge < -0.3 is 9.72 Å². The average Bonchev–Trinajstić information content (AvgIpc) is 3.45. The maximum Gasteiger partial charge on any atom is 0.325 e. The van der Waals surface area contributed by atoms with Crippen molar-refractivity contribution in [3.05, 3.63) is 71.9 Å². The van der Waals surface area contributed by atoms with E-state index in [4.69, 9.17) is 4.74 Å². The molecule has 0 amide bonds. The highest BCUT2D eigenvalue weighted by Gasteiger charge is 2.41. The number of ketones is 1. The Bertz CT molecular complexity index is 1220. The molecule has 7 nitrogen and oxygen atoms in total. The SMILES string of the molecule is CCCS(=O)(=O)N1CCC[C@H]1C(=O)O[C@H](C(=O)c1c[nH]c2ccccc12)c1ccccc1. The number of aromatic amines is 1. The third-order valence-electron chi connectivity index (χ3n) is 5.72. The van der Waals surface area contributed by atoms with E-state index in [1.807, 2.05) is 30.3 Å². The fourth-order valence-electron chi connectivity index (χ4n) is 4.20. The summed E-state index contributed by atoms with van der Waals surface area (Å²) in [5.41, 5.74) is 1.77. The van der Waals surface area contributed by atoms with Crippen molar-refractivity contribution in [1.82, 2.24) is 9.29 Å². The van der Waals surface area contributed by atoms with Crippen LogP contribution in [0.3, 0.4) is 0 Å². The summed E-state index contributed by atoms with van der Waals surface area (Å²) in [6.07, 6.45) is 1.87. The van der Waals surface area contributed by atoms with Crippen molar-refractivity contribution in [3.8, 4) is 0 Å². The predicted molar refractivity (Wildman–Crippen MR) is 122 cm³/mol. The van der Waals surface area contributed by atoms with E-state index >= 15 is 0 Å². The molecule has 32 heavy (non-hydrogen) atoms. The van der Waals surface area contributed by atoms with E-state index in [1.165, 1.54) is 4.31 Å². The number of benzene rings is 2. The number of esters is 1. The highest BCUT2D eigenvalue weighted by Crippen LogP contribution is 2.30. The van der Waals surface area contributed by atoms with Gasteiger partial charge in [0.1, 0.15) is 6.04 Å². The van der Waals surface area contributed by atoms with Gasteiger partial charge in [-0.2, -0.15) is 4.31 Å². The van der Waals surface area contributed by atoms with Gasteiger partial charge in [0, 0.05) is 34.8 Å². The molecule has 0 spiro atoms. The summed E-state index contributed by atoms with van der Waals surface area (Å²) in [5, 5.41) is 0.738. The van der Waals surface area contributed by atoms with Crippen LogP contribution in [-0.4, -0.2) is 47.8 Å². The van der Waals surface area contributed by atoms with E-state index in [0.29, 0.717) is 30.4 Å². The summed E-state index contributed by atoms with van der Waals surface area (Å²) in [7, 11) is -3.55. The zero-order chi connectivity index (χ0) is 22.7. The van der Waals surface area contributed by atoms with Gasteiger partial charge in [-0.15, -0.1) is 0 Å². The van der Waals surface area contributed by atoms with Crippen molar-refractivity contribution in [2.45, 2.75) is 38.3 Å². The number of para-hydroxylation sites is 1. The largest absolute Gasteiger partial charge is 0.448 e. The lowest BCUT2D eigenvalue weighted by Crippen LogP contribution is -2.43. The van der Waals surface area contributed by atoms with Crippen LogP contribution in [-0.2, 0) is 19.6 Å². The number of H-pyrrole nitrogens is 1. The summed E-state index contributed by atoms with van der Waals surface area (Å²) in [5.74, 6) is -1.07. The van der Waals surface area contributed by atoms with Crippen molar-refractivity contribution in [2.24, 2.45) is 0 Å². The van der Waals surface area contributed by atoms with Crippen molar-refractivity contribution in [3.63, 3.8) is 0 Å². The normalized spacial score (nSPS) is 18.0. The van der Waals surface area contributed by atoms with E-state index in [0.717, 1.165) is 10.9 Å². The third kappa shape index (κ3) is 4.33. The maximum absolute atomic E-state index is 13.5. The summed E-state index contributed by atoms with van der Waals surface area (Å²) < 4.78 is 32.2. The first-order valence-corrected chi connectivity index (χ1v) is 12.4. The second kappa shape index (κ2) is 9.26. The van der Waals surface area contributed by atoms with Gasteiger partial charge in [-0.05, 0) is 25.3 Å². The van der Waals surface area contributed by atoms with Crippen LogP contribution in [0.2, 0.25) is 0 Å². The topological polar surface area (TPSA) is 96.5 Å². The van der Waals surface area contributed by atoms with Crippen LogP contribution >= 0.6 is 0 Å². The van der Waals surface area contributed by atoms with E-state index < -0.39 is 28.1 Å². The molecule has 1 aliphatic rings. The molecule has 0 bridgehead atoms. The fourth-order valence-corrected chi connectivity index (χ4v) is 5.93. The first-order chi connectivity index (χ1) is 15.4. The first-order valence-electron chi connectivity index (χ1n) is 10.8. The third-order valence-corrected chi connectivity index (χ3v) is 7.80. The predicted octanol–water partition coefficient (Wildman–Crippen LogP) is 3.84. The molecule has 2 atom stereocenters. The average molecular weight is 455 g/mol. The molecule has 2 aromatic carbocycles. The smallest absolute Gasteiger partial charge is 0.325 e. The number of nitrogens with zero attached hydrogens (tertiary/aromatic N) is 1. The van der Waals surface area contributed by atoms with Gasteiger partial charge in [0.05, 0.1) is 5.75 Å². The Morgan fingerprint density at radius 3 is 2.59 bits per heavy atom. The fraction of sp³-hybridized carbons (Fsp3) is 0.333. The van der Waals surface area contributed by atoms with Gasteiger partial charge in [0.25, 0.3) is 0 Å². The molecule has 1 saturated heterocycles.